The predicted octanol–water partition coefficient (Wildman–Crippen LogP) is -0.0408. The molecule has 9 N–H and O–H groups in total. The molecule has 17 heteroatoms. The number of quaternary nitrogens is 1. The first kappa shape index (κ1) is 47.3. The van der Waals surface area contributed by atoms with E-state index < -0.39 is 36.0 Å². The molecule has 3 aromatic carbocycles. The van der Waals surface area contributed by atoms with Crippen molar-refractivity contribution in [1.82, 2.24) is 26.6 Å². The molecule has 16 nitrogen and oxygen atoms in total. The first-order valence-electron chi connectivity index (χ1n) is 17.4. The van der Waals surface area contributed by atoms with E-state index in [1.165, 1.54) is 19.2 Å². The summed E-state index contributed by atoms with van der Waals surface area (Å²) in [6.07, 6.45) is -1.45. The Morgan fingerprint density at radius 1 is 0.709 bits per heavy atom. The number of benzene rings is 3. The predicted molar refractivity (Wildman–Crippen MR) is 200 cm³/mol. The van der Waals surface area contributed by atoms with Gasteiger partial charge in [-0.1, -0.05) is 42.5 Å². The van der Waals surface area contributed by atoms with E-state index >= 15 is 0 Å². The van der Waals surface area contributed by atoms with Crippen LogP contribution in [0.1, 0.15) is 51.3 Å². The molecule has 0 radical (unpaired) electrons. The maximum Gasteiger partial charge on any atom is 0.412 e. The van der Waals surface area contributed by atoms with Crippen LogP contribution in [0.25, 0.3) is 0 Å². The number of phenols is 1. The van der Waals surface area contributed by atoms with E-state index in [-0.39, 0.29) is 54.5 Å². The Bertz CT molecular complexity index is 1700. The van der Waals surface area contributed by atoms with E-state index in [1.54, 1.807) is 65.9 Å². The Kier molecular flexibility index (Phi) is 20.5. The smallest absolute Gasteiger partial charge is 0.412 e. The Morgan fingerprint density at radius 3 is 1.82 bits per heavy atom. The Morgan fingerprint density at radius 2 is 1.25 bits per heavy atom. The minimum absolute atomic E-state index is 0. The zero-order valence-electron chi connectivity index (χ0n) is 32.2. The molecule has 302 valence electrons. The van der Waals surface area contributed by atoms with E-state index in [4.69, 9.17) is 18.9 Å². The number of likely N-dealkylation sites (N-methyl/N-ethyl adjacent to an activating group) is 2. The number of phenolic OH excluding ortho intramolecular Hbond substituents is 1. The molecule has 0 heterocycles. The molecule has 0 bridgehead atoms. The molecule has 0 saturated carbocycles. The summed E-state index contributed by atoms with van der Waals surface area (Å²) < 4.78 is 21.6. The van der Waals surface area contributed by atoms with Crippen LogP contribution in [-0.4, -0.2) is 80.1 Å². The van der Waals surface area contributed by atoms with Crippen LogP contribution in [0.2, 0.25) is 0 Å². The van der Waals surface area contributed by atoms with Gasteiger partial charge in [0.05, 0.1) is 0 Å². The quantitative estimate of drug-likeness (QED) is 0.115. The van der Waals surface area contributed by atoms with Crippen LogP contribution < -0.4 is 58.9 Å². The van der Waals surface area contributed by atoms with Crippen molar-refractivity contribution >= 4 is 30.1 Å². The van der Waals surface area contributed by atoms with Crippen molar-refractivity contribution in [2.24, 2.45) is 0 Å². The van der Waals surface area contributed by atoms with Gasteiger partial charge in [-0.3, -0.25) is 9.59 Å². The van der Waals surface area contributed by atoms with Crippen molar-refractivity contribution in [3.63, 3.8) is 0 Å². The number of nitrogens with one attached hydrogen (secondary N) is 5. The van der Waals surface area contributed by atoms with Gasteiger partial charge in [0.25, 0.3) is 5.91 Å². The van der Waals surface area contributed by atoms with E-state index in [0.717, 1.165) is 11.1 Å². The summed E-state index contributed by atoms with van der Waals surface area (Å²) in [5.41, 5.74) is 5.39. The average Bonchev–Trinajstić information content (AvgIpc) is 3.11. The van der Waals surface area contributed by atoms with Crippen LogP contribution in [-0.2, 0) is 33.8 Å². The van der Waals surface area contributed by atoms with Crippen molar-refractivity contribution in [2.45, 2.75) is 71.8 Å². The molecule has 0 aliphatic heterocycles. The molecule has 0 fully saturated rings. The van der Waals surface area contributed by atoms with Gasteiger partial charge in [0.1, 0.15) is 18.2 Å². The number of carbonyl (C=O) groups excluding carboxylic acids is 5. The number of carbonyl (C=O) groups is 5. The summed E-state index contributed by atoms with van der Waals surface area (Å²) in [5, 5.41) is 22.3. The molecule has 0 unspecified atom stereocenters. The van der Waals surface area contributed by atoms with E-state index in [0.29, 0.717) is 30.8 Å². The maximum atomic E-state index is 12.4. The minimum Gasteiger partial charge on any atom is -1.00 e. The standard InChI is InChI=1S/C25H33N3O6.C13H19N3O4.ClH/c1-6-27-23(30)33-21-15-18(12-13-20(21)32-16-17-10-8-7-9-11-17)14-19(22(29)26-5)28-24(31)34-25(2,3)4;1-3-16-13(19)20-11-7-8(4-5-10(11)17)6-9(14)12(18)15-2;/h7-13,15,19H,6,14,16H2,1-5H3,(H,26,29)(H,27,30)(H,28,31);4-5,7,9,17H,3,6,14H2,1-2H3,(H,15,18)(H,16,19);1H/t19-;9-;/m00./s1. The van der Waals surface area contributed by atoms with Gasteiger partial charge in [-0.2, -0.15) is 0 Å². The Balaban J connectivity index is 0.000000615. The lowest BCUT2D eigenvalue weighted by molar-refractivity contribution is -0.403. The monoisotopic (exact) mass is 788 g/mol. The highest BCUT2D eigenvalue weighted by Crippen LogP contribution is 2.30. The molecule has 55 heavy (non-hydrogen) atoms. The van der Waals surface area contributed by atoms with Crippen LogP contribution in [0.5, 0.6) is 23.0 Å². The second kappa shape index (κ2) is 23.8. The van der Waals surface area contributed by atoms with Crippen molar-refractivity contribution in [2.75, 3.05) is 27.2 Å². The van der Waals surface area contributed by atoms with Gasteiger partial charge >= 0.3 is 18.3 Å². The van der Waals surface area contributed by atoms with Crippen molar-refractivity contribution in [1.29, 1.82) is 0 Å². The van der Waals surface area contributed by atoms with Crippen molar-refractivity contribution in [3.05, 3.63) is 83.4 Å². The lowest BCUT2D eigenvalue weighted by atomic mass is 10.0. The van der Waals surface area contributed by atoms with Gasteiger partial charge in [0.2, 0.25) is 5.91 Å². The molecule has 3 aromatic rings. The third-order valence-electron chi connectivity index (χ3n) is 7.11. The molecular formula is C38H53ClN6O10. The number of amides is 5. The molecule has 0 aliphatic rings. The van der Waals surface area contributed by atoms with Gasteiger partial charge in [0.15, 0.2) is 29.0 Å². The number of ether oxygens (including phenoxy) is 4. The second-order valence-corrected chi connectivity index (χ2v) is 12.7. The third-order valence-corrected chi connectivity index (χ3v) is 7.11. The molecule has 0 spiro atoms. The number of hydrogen-bond donors (Lipinski definition) is 7. The number of halogens is 1. The maximum absolute atomic E-state index is 12.4. The number of hydrogen-bond acceptors (Lipinski definition) is 10. The first-order chi connectivity index (χ1) is 25.6. The van der Waals surface area contributed by atoms with E-state index in [9.17, 15) is 29.1 Å². The normalized spacial score (nSPS) is 11.4. The van der Waals surface area contributed by atoms with Crippen LogP contribution >= 0.6 is 0 Å². The largest absolute Gasteiger partial charge is 1.00 e. The summed E-state index contributed by atoms with van der Waals surface area (Å²) in [6, 6.07) is 17.8. The van der Waals surface area contributed by atoms with Crippen molar-refractivity contribution < 1.29 is 66.2 Å². The zero-order valence-corrected chi connectivity index (χ0v) is 33.0. The third kappa shape index (κ3) is 17.8. The highest BCUT2D eigenvalue weighted by Gasteiger charge is 2.25. The topological polar surface area (TPSA) is 230 Å². The first-order valence-corrected chi connectivity index (χ1v) is 17.4. The average molecular weight is 789 g/mol. The molecule has 0 aromatic heterocycles. The molecule has 2 atom stereocenters. The molecular weight excluding hydrogens is 736 g/mol. The summed E-state index contributed by atoms with van der Waals surface area (Å²) in [7, 11) is 3.03. The number of rotatable bonds is 14. The van der Waals surface area contributed by atoms with Gasteiger partial charge in [0, 0.05) is 40.0 Å². The SMILES string of the molecule is CCNC(=O)Oc1cc(C[C@H](NC(=O)OC(C)(C)C)C(=O)NC)ccc1OCc1ccccc1.CCNC(=O)Oc1cc(C[C@H]([NH3+])C(=O)NC)ccc1O.[Cl-]. The summed E-state index contributed by atoms with van der Waals surface area (Å²) >= 11 is 0. The Hall–Kier alpha value is -5.74. The fraction of sp³-hybridized carbons (Fsp3) is 0.395. The number of alkyl carbamates (subject to hydrolysis) is 1. The van der Waals surface area contributed by atoms with Gasteiger partial charge < -0.3 is 68.8 Å². The van der Waals surface area contributed by atoms with Gasteiger partial charge in [-0.25, -0.2) is 14.4 Å². The fourth-order valence-corrected chi connectivity index (χ4v) is 4.59. The minimum atomic E-state index is -0.895. The fourth-order valence-electron chi connectivity index (χ4n) is 4.59. The number of aromatic hydroxyl groups is 1. The molecule has 0 aliphatic carbocycles. The van der Waals surface area contributed by atoms with Crippen LogP contribution in [0.4, 0.5) is 14.4 Å². The van der Waals surface area contributed by atoms with Crippen LogP contribution in [0.3, 0.4) is 0 Å². The molecule has 0 saturated heterocycles. The summed E-state index contributed by atoms with van der Waals surface area (Å²) in [4.78, 5) is 59.4. The van der Waals surface area contributed by atoms with E-state index in [1.807, 2.05) is 30.3 Å². The van der Waals surface area contributed by atoms with Gasteiger partial charge in [-0.15, -0.1) is 0 Å². The lowest BCUT2D eigenvalue weighted by Crippen LogP contribution is -3.00. The Labute approximate surface area is 327 Å². The van der Waals surface area contributed by atoms with Crippen LogP contribution in [0.15, 0.2) is 66.7 Å². The summed E-state index contributed by atoms with van der Waals surface area (Å²) in [5.74, 6) is -0.0772. The zero-order chi connectivity index (χ0) is 40.3. The van der Waals surface area contributed by atoms with Crippen molar-refractivity contribution in [3.8, 4) is 23.0 Å². The molecule has 3 rings (SSSR count). The molecule has 5 amide bonds. The summed E-state index contributed by atoms with van der Waals surface area (Å²) in [6.45, 7) is 9.86. The van der Waals surface area contributed by atoms with Gasteiger partial charge in [-0.05, 0) is 75.6 Å². The van der Waals surface area contributed by atoms with E-state index in [2.05, 4.69) is 32.3 Å². The second-order valence-electron chi connectivity index (χ2n) is 12.7. The lowest BCUT2D eigenvalue weighted by Gasteiger charge is -2.23. The van der Waals surface area contributed by atoms with Crippen LogP contribution in [0, 0.1) is 0 Å². The highest BCUT2D eigenvalue weighted by atomic mass is 35.5. The highest BCUT2D eigenvalue weighted by molar-refractivity contribution is 5.86.